The lowest BCUT2D eigenvalue weighted by Gasteiger charge is -2.29. The molecule has 1 aliphatic heterocycles. The molecule has 100 valence electrons. The highest BCUT2D eigenvalue weighted by atomic mass is 35.5. The molecule has 1 fully saturated rings. The fraction of sp³-hybridized carbons (Fsp3) is 0.538. The van der Waals surface area contributed by atoms with E-state index in [4.69, 9.17) is 11.6 Å². The fourth-order valence-electron chi connectivity index (χ4n) is 2.36. The molecular formula is C13H18ClFN2O. The van der Waals surface area contributed by atoms with Gasteiger partial charge < -0.3 is 10.4 Å². The molecule has 0 aliphatic carbocycles. The zero-order valence-corrected chi connectivity index (χ0v) is 11.0. The second-order valence-corrected chi connectivity index (χ2v) is 4.94. The Labute approximate surface area is 112 Å². The summed E-state index contributed by atoms with van der Waals surface area (Å²) < 4.78 is 13.9. The van der Waals surface area contributed by atoms with E-state index in [9.17, 15) is 9.50 Å². The minimum absolute atomic E-state index is 0.0848. The number of benzene rings is 1. The minimum atomic E-state index is -0.348. The van der Waals surface area contributed by atoms with Crippen molar-refractivity contribution in [1.82, 2.24) is 10.2 Å². The third-order valence-electron chi connectivity index (χ3n) is 3.31. The number of rotatable bonds is 3. The molecule has 1 unspecified atom stereocenters. The van der Waals surface area contributed by atoms with Crippen molar-refractivity contribution in [2.45, 2.75) is 12.5 Å². The van der Waals surface area contributed by atoms with E-state index in [0.29, 0.717) is 10.6 Å². The summed E-state index contributed by atoms with van der Waals surface area (Å²) in [5.41, 5.74) is 0.517. The highest BCUT2D eigenvalue weighted by molar-refractivity contribution is 6.30. The molecule has 0 saturated carbocycles. The normalized spacial score (nSPS) is 19.5. The molecule has 5 heteroatoms. The first-order valence-corrected chi connectivity index (χ1v) is 6.60. The van der Waals surface area contributed by atoms with Crippen LogP contribution in [0, 0.1) is 5.82 Å². The Morgan fingerprint density at radius 2 is 2.22 bits per heavy atom. The van der Waals surface area contributed by atoms with Crippen LogP contribution in [0.4, 0.5) is 4.39 Å². The number of aliphatic hydroxyl groups is 1. The van der Waals surface area contributed by atoms with Gasteiger partial charge in [0.15, 0.2) is 0 Å². The molecule has 1 heterocycles. The summed E-state index contributed by atoms with van der Waals surface area (Å²) in [7, 11) is 0. The summed E-state index contributed by atoms with van der Waals surface area (Å²) in [5, 5.41) is 13.2. The van der Waals surface area contributed by atoms with Crippen LogP contribution in [-0.4, -0.2) is 42.8 Å². The maximum atomic E-state index is 13.9. The van der Waals surface area contributed by atoms with Crippen molar-refractivity contribution in [3.8, 4) is 0 Å². The third-order valence-corrected chi connectivity index (χ3v) is 3.54. The van der Waals surface area contributed by atoms with Crippen molar-refractivity contribution >= 4 is 11.6 Å². The molecular weight excluding hydrogens is 255 g/mol. The summed E-state index contributed by atoms with van der Waals surface area (Å²) in [6.45, 7) is 3.43. The highest BCUT2D eigenvalue weighted by Gasteiger charge is 2.23. The van der Waals surface area contributed by atoms with Crippen LogP contribution in [0.25, 0.3) is 0 Å². The lowest BCUT2D eigenvalue weighted by molar-refractivity contribution is 0.127. The van der Waals surface area contributed by atoms with Gasteiger partial charge in [0.2, 0.25) is 0 Å². The van der Waals surface area contributed by atoms with E-state index in [1.54, 1.807) is 12.1 Å². The van der Waals surface area contributed by atoms with E-state index in [-0.39, 0.29) is 18.5 Å². The second kappa shape index (κ2) is 6.48. The molecule has 0 amide bonds. The van der Waals surface area contributed by atoms with Gasteiger partial charge in [-0.3, -0.25) is 4.90 Å². The Bertz CT molecular complexity index is 395. The Morgan fingerprint density at radius 1 is 1.39 bits per heavy atom. The first kappa shape index (κ1) is 13.7. The van der Waals surface area contributed by atoms with E-state index in [2.05, 4.69) is 10.2 Å². The molecule has 18 heavy (non-hydrogen) atoms. The van der Waals surface area contributed by atoms with E-state index in [1.165, 1.54) is 6.07 Å². The van der Waals surface area contributed by atoms with Gasteiger partial charge in [-0.15, -0.1) is 0 Å². The molecule has 1 aliphatic rings. The monoisotopic (exact) mass is 272 g/mol. The predicted molar refractivity (Wildman–Crippen MR) is 70.3 cm³/mol. The molecule has 0 spiro atoms. The lowest BCUT2D eigenvalue weighted by Crippen LogP contribution is -2.34. The number of hydrogen-bond donors (Lipinski definition) is 2. The SMILES string of the molecule is OCC(c1ccc(Cl)cc1F)N1CCCNCC1. The molecule has 0 aromatic heterocycles. The standard InChI is InChI=1S/C13H18ClFN2O/c14-10-2-3-11(12(15)8-10)13(9-18)17-6-1-4-16-5-7-17/h2-3,8,13,16,18H,1,4-7,9H2. The Morgan fingerprint density at radius 3 is 2.94 bits per heavy atom. The summed E-state index contributed by atoms with van der Waals surface area (Å²) in [6, 6.07) is 4.34. The largest absolute Gasteiger partial charge is 0.394 e. The molecule has 2 rings (SSSR count). The zero-order chi connectivity index (χ0) is 13.0. The molecule has 2 N–H and O–H groups in total. The predicted octanol–water partition coefficient (Wildman–Crippen LogP) is 1.81. The van der Waals surface area contributed by atoms with Crippen LogP contribution in [0.15, 0.2) is 18.2 Å². The van der Waals surface area contributed by atoms with Gasteiger partial charge >= 0.3 is 0 Å². The van der Waals surface area contributed by atoms with Crippen LogP contribution in [0.5, 0.6) is 0 Å². The van der Waals surface area contributed by atoms with Crippen LogP contribution < -0.4 is 5.32 Å². The molecule has 1 saturated heterocycles. The molecule has 0 bridgehead atoms. The topological polar surface area (TPSA) is 35.5 Å². The number of hydrogen-bond acceptors (Lipinski definition) is 3. The van der Waals surface area contributed by atoms with Gasteiger partial charge in [-0.05, 0) is 25.1 Å². The van der Waals surface area contributed by atoms with Crippen LogP contribution in [0.1, 0.15) is 18.0 Å². The second-order valence-electron chi connectivity index (χ2n) is 4.50. The Kier molecular flexibility index (Phi) is 4.95. The van der Waals surface area contributed by atoms with Gasteiger partial charge in [-0.2, -0.15) is 0 Å². The smallest absolute Gasteiger partial charge is 0.129 e. The quantitative estimate of drug-likeness (QED) is 0.881. The maximum Gasteiger partial charge on any atom is 0.129 e. The first-order valence-electron chi connectivity index (χ1n) is 6.23. The summed E-state index contributed by atoms with van der Waals surface area (Å²) in [5.74, 6) is -0.348. The molecule has 3 nitrogen and oxygen atoms in total. The zero-order valence-electron chi connectivity index (χ0n) is 10.2. The summed E-state index contributed by atoms with van der Waals surface area (Å²) in [6.07, 6.45) is 1.01. The van der Waals surface area contributed by atoms with Gasteiger partial charge in [-0.1, -0.05) is 17.7 Å². The van der Waals surface area contributed by atoms with Crippen LogP contribution in [0.3, 0.4) is 0 Å². The van der Waals surface area contributed by atoms with Crippen molar-refractivity contribution < 1.29 is 9.50 Å². The number of aliphatic hydroxyl groups excluding tert-OH is 1. The molecule has 1 atom stereocenters. The van der Waals surface area contributed by atoms with Crippen LogP contribution in [0.2, 0.25) is 5.02 Å². The number of nitrogens with one attached hydrogen (secondary N) is 1. The minimum Gasteiger partial charge on any atom is -0.394 e. The van der Waals surface area contributed by atoms with Crippen molar-refractivity contribution in [2.75, 3.05) is 32.8 Å². The summed E-state index contributed by atoms with van der Waals surface area (Å²) in [4.78, 5) is 2.12. The molecule has 0 radical (unpaired) electrons. The summed E-state index contributed by atoms with van der Waals surface area (Å²) >= 11 is 5.75. The van der Waals surface area contributed by atoms with Gasteiger partial charge in [0, 0.05) is 30.2 Å². The number of halogens is 2. The Hall–Kier alpha value is -0.680. The first-order chi connectivity index (χ1) is 8.72. The highest BCUT2D eigenvalue weighted by Crippen LogP contribution is 2.25. The van der Waals surface area contributed by atoms with Crippen molar-refractivity contribution in [2.24, 2.45) is 0 Å². The lowest BCUT2D eigenvalue weighted by atomic mass is 10.0. The van der Waals surface area contributed by atoms with E-state index in [0.717, 1.165) is 32.6 Å². The van der Waals surface area contributed by atoms with E-state index < -0.39 is 0 Å². The van der Waals surface area contributed by atoms with E-state index in [1.807, 2.05) is 0 Å². The van der Waals surface area contributed by atoms with Crippen molar-refractivity contribution in [3.63, 3.8) is 0 Å². The van der Waals surface area contributed by atoms with E-state index >= 15 is 0 Å². The number of nitrogens with zero attached hydrogens (tertiary/aromatic N) is 1. The van der Waals surface area contributed by atoms with Gasteiger partial charge in [-0.25, -0.2) is 4.39 Å². The van der Waals surface area contributed by atoms with Gasteiger partial charge in [0.05, 0.1) is 12.6 Å². The average molecular weight is 273 g/mol. The van der Waals surface area contributed by atoms with Crippen LogP contribution in [-0.2, 0) is 0 Å². The fourth-order valence-corrected chi connectivity index (χ4v) is 2.52. The molecule has 1 aromatic rings. The van der Waals surface area contributed by atoms with Gasteiger partial charge in [0.1, 0.15) is 5.82 Å². The Balaban J connectivity index is 2.20. The van der Waals surface area contributed by atoms with Crippen LogP contribution >= 0.6 is 11.6 Å². The maximum absolute atomic E-state index is 13.9. The van der Waals surface area contributed by atoms with Crippen molar-refractivity contribution in [3.05, 3.63) is 34.6 Å². The van der Waals surface area contributed by atoms with Gasteiger partial charge in [0.25, 0.3) is 0 Å². The third kappa shape index (κ3) is 3.20. The average Bonchev–Trinajstić information content (AvgIpc) is 2.62. The van der Waals surface area contributed by atoms with Crippen molar-refractivity contribution in [1.29, 1.82) is 0 Å². The molecule has 1 aromatic carbocycles.